The maximum atomic E-state index is 11.7. The molecule has 2 rings (SSSR count). The average molecular weight is 178 g/mol. The highest BCUT2D eigenvalue weighted by molar-refractivity contribution is 5.93. The van der Waals surface area contributed by atoms with Crippen molar-refractivity contribution in [3.05, 3.63) is 11.6 Å². The zero-order valence-corrected chi connectivity index (χ0v) is 8.76. The molecule has 1 heteroatoms. The molecule has 2 aliphatic rings. The fourth-order valence-corrected chi connectivity index (χ4v) is 2.87. The minimum absolute atomic E-state index is 0.0284. The second kappa shape index (κ2) is 2.70. The van der Waals surface area contributed by atoms with E-state index in [1.54, 1.807) is 5.57 Å². The number of Topliss-reactive ketones (excluding diaryl/α,β-unsaturated/α-hetero) is 1. The van der Waals surface area contributed by atoms with Gasteiger partial charge in [0.15, 0.2) is 0 Å². The van der Waals surface area contributed by atoms with Crippen LogP contribution in [0.1, 0.15) is 40.0 Å². The summed E-state index contributed by atoms with van der Waals surface area (Å²) < 4.78 is 0. The van der Waals surface area contributed by atoms with Crippen LogP contribution in [-0.2, 0) is 4.79 Å². The van der Waals surface area contributed by atoms with Crippen molar-refractivity contribution < 1.29 is 4.79 Å². The van der Waals surface area contributed by atoms with Gasteiger partial charge in [-0.3, -0.25) is 4.79 Å². The monoisotopic (exact) mass is 178 g/mol. The van der Waals surface area contributed by atoms with Gasteiger partial charge in [0.2, 0.25) is 0 Å². The number of ketones is 1. The van der Waals surface area contributed by atoms with E-state index in [0.29, 0.717) is 17.6 Å². The average Bonchev–Trinajstić information content (AvgIpc) is 2.16. The lowest BCUT2D eigenvalue weighted by Crippen LogP contribution is -2.55. The molecule has 1 fully saturated rings. The van der Waals surface area contributed by atoms with E-state index in [9.17, 15) is 4.79 Å². The van der Waals surface area contributed by atoms with E-state index in [2.05, 4.69) is 26.8 Å². The van der Waals surface area contributed by atoms with Gasteiger partial charge in [0.05, 0.1) is 0 Å². The normalized spacial score (nSPS) is 36.2. The van der Waals surface area contributed by atoms with Crippen molar-refractivity contribution >= 4 is 5.78 Å². The molecule has 1 saturated carbocycles. The van der Waals surface area contributed by atoms with Crippen molar-refractivity contribution in [2.24, 2.45) is 17.3 Å². The molecule has 0 spiro atoms. The predicted molar refractivity (Wildman–Crippen MR) is 53.4 cm³/mol. The van der Waals surface area contributed by atoms with Gasteiger partial charge in [-0.05, 0) is 25.2 Å². The molecule has 0 aromatic rings. The van der Waals surface area contributed by atoms with Gasteiger partial charge in [-0.15, -0.1) is 0 Å². The Morgan fingerprint density at radius 3 is 2.85 bits per heavy atom. The van der Waals surface area contributed by atoms with Gasteiger partial charge in [-0.1, -0.05) is 32.4 Å². The predicted octanol–water partition coefficient (Wildman–Crippen LogP) is 2.96. The summed E-state index contributed by atoms with van der Waals surface area (Å²) in [6.45, 7) is 6.42. The summed E-state index contributed by atoms with van der Waals surface area (Å²) in [5, 5.41) is 0. The van der Waals surface area contributed by atoms with Crippen LogP contribution in [0.2, 0.25) is 0 Å². The lowest BCUT2D eigenvalue weighted by molar-refractivity contribution is -0.153. The zero-order chi connectivity index (χ0) is 9.64. The quantitative estimate of drug-likeness (QED) is 0.564. The van der Waals surface area contributed by atoms with Gasteiger partial charge < -0.3 is 0 Å². The number of fused-ring (bicyclic) bond motifs is 1. The van der Waals surface area contributed by atoms with E-state index in [1.807, 2.05) is 0 Å². The number of carbonyl (C=O) groups excluding carboxylic acids is 1. The van der Waals surface area contributed by atoms with Crippen molar-refractivity contribution in [1.82, 2.24) is 0 Å². The van der Waals surface area contributed by atoms with Crippen LogP contribution >= 0.6 is 0 Å². The molecule has 2 atom stereocenters. The summed E-state index contributed by atoms with van der Waals surface area (Å²) in [5.74, 6) is 1.49. The minimum atomic E-state index is -0.0284. The third-order valence-electron chi connectivity index (χ3n) is 3.98. The standard InChI is InChI=1S/C12H18O/c1-4-8-5-6-9-10(7-8)12(2,3)11(9)13/h5,9-10H,4,6-7H2,1-3H3. The van der Waals surface area contributed by atoms with Crippen molar-refractivity contribution in [1.29, 1.82) is 0 Å². The molecule has 1 nitrogen and oxygen atoms in total. The molecule has 13 heavy (non-hydrogen) atoms. The molecule has 0 N–H and O–H groups in total. The number of carbonyl (C=O) groups is 1. The van der Waals surface area contributed by atoms with Gasteiger partial charge in [0, 0.05) is 11.3 Å². The van der Waals surface area contributed by atoms with Crippen molar-refractivity contribution in [3.8, 4) is 0 Å². The molecule has 2 aliphatic carbocycles. The lowest BCUT2D eigenvalue weighted by atomic mass is 9.50. The van der Waals surface area contributed by atoms with E-state index in [4.69, 9.17) is 0 Å². The summed E-state index contributed by atoms with van der Waals surface area (Å²) >= 11 is 0. The van der Waals surface area contributed by atoms with Crippen LogP contribution in [0, 0.1) is 17.3 Å². The first-order chi connectivity index (χ1) is 6.07. The molecule has 0 radical (unpaired) electrons. The van der Waals surface area contributed by atoms with Crippen LogP contribution < -0.4 is 0 Å². The fraction of sp³-hybridized carbons (Fsp3) is 0.750. The molecule has 0 aromatic carbocycles. The number of rotatable bonds is 1. The second-order valence-electron chi connectivity index (χ2n) is 4.95. The van der Waals surface area contributed by atoms with Crippen LogP contribution in [-0.4, -0.2) is 5.78 Å². The Hall–Kier alpha value is -0.590. The third kappa shape index (κ3) is 1.09. The lowest BCUT2D eigenvalue weighted by Gasteiger charge is -2.51. The Morgan fingerprint density at radius 2 is 2.23 bits per heavy atom. The maximum absolute atomic E-state index is 11.7. The van der Waals surface area contributed by atoms with Gasteiger partial charge in [-0.25, -0.2) is 0 Å². The van der Waals surface area contributed by atoms with Crippen LogP contribution in [0.25, 0.3) is 0 Å². The van der Waals surface area contributed by atoms with E-state index in [0.717, 1.165) is 12.8 Å². The molecule has 2 unspecified atom stereocenters. The summed E-state index contributed by atoms with van der Waals surface area (Å²) in [5.41, 5.74) is 1.53. The Bertz CT molecular complexity index is 273. The van der Waals surface area contributed by atoms with Gasteiger partial charge in [0.25, 0.3) is 0 Å². The van der Waals surface area contributed by atoms with Crippen molar-refractivity contribution in [3.63, 3.8) is 0 Å². The first kappa shape index (κ1) is 8.98. The van der Waals surface area contributed by atoms with Crippen molar-refractivity contribution in [2.45, 2.75) is 40.0 Å². The molecule has 0 heterocycles. The smallest absolute Gasteiger partial charge is 0.142 e. The highest BCUT2D eigenvalue weighted by Gasteiger charge is 2.55. The molecule has 0 aromatic heterocycles. The molecule has 0 aliphatic heterocycles. The Morgan fingerprint density at radius 1 is 1.54 bits per heavy atom. The Labute approximate surface area is 80.2 Å². The maximum Gasteiger partial charge on any atom is 0.142 e. The first-order valence-corrected chi connectivity index (χ1v) is 5.29. The number of hydrogen-bond acceptors (Lipinski definition) is 1. The third-order valence-corrected chi connectivity index (χ3v) is 3.98. The van der Waals surface area contributed by atoms with Crippen LogP contribution in [0.15, 0.2) is 11.6 Å². The molecule has 0 amide bonds. The van der Waals surface area contributed by atoms with Gasteiger partial charge in [0.1, 0.15) is 5.78 Å². The fourth-order valence-electron chi connectivity index (χ4n) is 2.87. The van der Waals surface area contributed by atoms with Crippen LogP contribution in [0.4, 0.5) is 0 Å². The summed E-state index contributed by atoms with van der Waals surface area (Å²) in [6.07, 6.45) is 5.62. The van der Waals surface area contributed by atoms with Gasteiger partial charge >= 0.3 is 0 Å². The van der Waals surface area contributed by atoms with E-state index >= 15 is 0 Å². The summed E-state index contributed by atoms with van der Waals surface area (Å²) in [7, 11) is 0. The van der Waals surface area contributed by atoms with E-state index < -0.39 is 0 Å². The molecule has 0 bridgehead atoms. The highest BCUT2D eigenvalue weighted by Crippen LogP contribution is 2.54. The molecular formula is C12H18O. The molecule has 0 saturated heterocycles. The number of allylic oxidation sites excluding steroid dienone is 2. The minimum Gasteiger partial charge on any atom is -0.299 e. The van der Waals surface area contributed by atoms with E-state index in [-0.39, 0.29) is 5.41 Å². The zero-order valence-electron chi connectivity index (χ0n) is 8.76. The second-order valence-corrected chi connectivity index (χ2v) is 4.95. The SMILES string of the molecule is CCC1=CCC2C(=O)C(C)(C)C2C1. The summed E-state index contributed by atoms with van der Waals surface area (Å²) in [6, 6.07) is 0. The molecule has 72 valence electrons. The topological polar surface area (TPSA) is 17.1 Å². The van der Waals surface area contributed by atoms with Crippen LogP contribution in [0.3, 0.4) is 0 Å². The first-order valence-electron chi connectivity index (χ1n) is 5.29. The Balaban J connectivity index is 2.18. The van der Waals surface area contributed by atoms with Gasteiger partial charge in [-0.2, -0.15) is 0 Å². The number of hydrogen-bond donors (Lipinski definition) is 0. The highest BCUT2D eigenvalue weighted by atomic mass is 16.1. The largest absolute Gasteiger partial charge is 0.299 e. The van der Waals surface area contributed by atoms with Crippen molar-refractivity contribution in [2.75, 3.05) is 0 Å². The molecular weight excluding hydrogens is 160 g/mol. The summed E-state index contributed by atoms with van der Waals surface area (Å²) in [4.78, 5) is 11.7. The van der Waals surface area contributed by atoms with Crippen LogP contribution in [0.5, 0.6) is 0 Å². The Kier molecular flexibility index (Phi) is 1.86. The van der Waals surface area contributed by atoms with E-state index in [1.165, 1.54) is 6.42 Å².